The maximum absolute atomic E-state index is 12.2. The van der Waals surface area contributed by atoms with Crippen molar-refractivity contribution in [3.63, 3.8) is 0 Å². The van der Waals surface area contributed by atoms with Gasteiger partial charge in [-0.2, -0.15) is 0 Å². The van der Waals surface area contributed by atoms with Gasteiger partial charge in [0.05, 0.1) is 12.3 Å². The largest absolute Gasteiger partial charge is 0.299 e. The Hall–Kier alpha value is -1.10. The molecule has 0 unspecified atom stereocenters. The molecule has 21 heavy (non-hydrogen) atoms. The minimum absolute atomic E-state index is 0.153. The van der Waals surface area contributed by atoms with Gasteiger partial charge in [-0.25, -0.2) is 12.7 Å². The Kier molecular flexibility index (Phi) is 5.25. The maximum Gasteiger partial charge on any atom is 0.243 e. The Morgan fingerprint density at radius 2 is 2.14 bits per heavy atom. The van der Waals surface area contributed by atoms with Crippen molar-refractivity contribution in [1.29, 1.82) is 0 Å². The fourth-order valence-corrected chi connectivity index (χ4v) is 3.56. The van der Waals surface area contributed by atoms with Gasteiger partial charge < -0.3 is 0 Å². The average Bonchev–Trinajstić information content (AvgIpc) is 2.77. The zero-order chi connectivity index (χ0) is 15.5. The molecule has 8 nitrogen and oxygen atoms in total. The summed E-state index contributed by atoms with van der Waals surface area (Å²) in [5, 5.41) is 10.6. The van der Waals surface area contributed by atoms with Gasteiger partial charge in [-0.15, -0.1) is 10.2 Å². The molecule has 0 aliphatic carbocycles. The zero-order valence-electron chi connectivity index (χ0n) is 12.0. The molecule has 10 heteroatoms. The minimum Gasteiger partial charge on any atom is -0.299 e. The lowest BCUT2D eigenvalue weighted by molar-refractivity contribution is -0.120. The molecule has 1 N–H and O–H groups in total. The third-order valence-electron chi connectivity index (χ3n) is 3.48. The van der Waals surface area contributed by atoms with Crippen LogP contribution in [-0.4, -0.2) is 72.2 Å². The van der Waals surface area contributed by atoms with Gasteiger partial charge >= 0.3 is 0 Å². The van der Waals surface area contributed by atoms with E-state index < -0.39 is 10.0 Å². The van der Waals surface area contributed by atoms with Gasteiger partial charge in [-0.05, 0) is 13.3 Å². The van der Waals surface area contributed by atoms with Gasteiger partial charge in [0.1, 0.15) is 5.51 Å². The first kappa shape index (κ1) is 16.3. The molecule has 1 atom stereocenters. The van der Waals surface area contributed by atoms with Crippen molar-refractivity contribution in [3.8, 4) is 0 Å². The summed E-state index contributed by atoms with van der Waals surface area (Å²) in [5.41, 5.74) is 1.55. The van der Waals surface area contributed by atoms with E-state index in [0.717, 1.165) is 0 Å². The lowest BCUT2D eigenvalue weighted by Gasteiger charge is -2.26. The molecule has 1 amide bonds. The number of amides is 1. The van der Waals surface area contributed by atoms with Crippen LogP contribution in [0.4, 0.5) is 5.13 Å². The van der Waals surface area contributed by atoms with Crippen LogP contribution in [0.25, 0.3) is 0 Å². The first-order valence-electron chi connectivity index (χ1n) is 6.64. The lowest BCUT2D eigenvalue weighted by Crippen LogP contribution is -2.44. The average molecular weight is 333 g/mol. The highest BCUT2D eigenvalue weighted by Gasteiger charge is 2.27. The first-order chi connectivity index (χ1) is 9.88. The van der Waals surface area contributed by atoms with Crippen LogP contribution in [0.1, 0.15) is 13.3 Å². The second-order valence-electron chi connectivity index (χ2n) is 4.96. The zero-order valence-corrected chi connectivity index (χ0v) is 13.7. The standard InChI is InChI=1S/C11H19N5O3S2/c1-9(10(17)13-11-14-12-8-20-11)15-4-3-5-16(7-6-15)21(2,18)19/h8-9H,3-7H2,1-2H3,(H,13,14,17)/t9-/m1/s1. The summed E-state index contributed by atoms with van der Waals surface area (Å²) in [7, 11) is -3.17. The van der Waals surface area contributed by atoms with Crippen LogP contribution in [0.15, 0.2) is 5.51 Å². The number of nitrogens with one attached hydrogen (secondary N) is 1. The van der Waals surface area contributed by atoms with Crippen LogP contribution in [0, 0.1) is 0 Å². The van der Waals surface area contributed by atoms with Crippen molar-refractivity contribution in [2.75, 3.05) is 37.8 Å². The van der Waals surface area contributed by atoms with E-state index >= 15 is 0 Å². The van der Waals surface area contributed by atoms with Gasteiger partial charge in [0.2, 0.25) is 21.1 Å². The van der Waals surface area contributed by atoms with Gasteiger partial charge in [-0.1, -0.05) is 11.3 Å². The van der Waals surface area contributed by atoms with Crippen molar-refractivity contribution in [3.05, 3.63) is 5.51 Å². The van der Waals surface area contributed by atoms with Crippen molar-refractivity contribution < 1.29 is 13.2 Å². The number of carbonyl (C=O) groups excluding carboxylic acids is 1. The van der Waals surface area contributed by atoms with Gasteiger partial charge in [0.15, 0.2) is 0 Å². The van der Waals surface area contributed by atoms with E-state index in [2.05, 4.69) is 15.5 Å². The summed E-state index contributed by atoms with van der Waals surface area (Å²) in [6.45, 7) is 3.95. The quantitative estimate of drug-likeness (QED) is 0.822. The predicted octanol–water partition coefficient (Wildman–Crippen LogP) is -0.168. The predicted molar refractivity (Wildman–Crippen MR) is 80.6 cm³/mol. The summed E-state index contributed by atoms with van der Waals surface area (Å²) in [4.78, 5) is 14.1. The van der Waals surface area contributed by atoms with Gasteiger partial charge in [0.25, 0.3) is 0 Å². The molecule has 1 aliphatic rings. The fourth-order valence-electron chi connectivity index (χ4n) is 2.24. The Bertz CT molecular complexity index is 575. The molecular formula is C11H19N5O3S2. The third-order valence-corrected chi connectivity index (χ3v) is 5.39. The van der Waals surface area contributed by atoms with E-state index in [1.54, 1.807) is 5.51 Å². The topological polar surface area (TPSA) is 95.5 Å². The molecule has 0 radical (unpaired) electrons. The summed E-state index contributed by atoms with van der Waals surface area (Å²) in [6, 6.07) is -0.339. The van der Waals surface area contributed by atoms with Crippen LogP contribution in [0.5, 0.6) is 0 Å². The molecule has 118 valence electrons. The molecule has 0 saturated carbocycles. The fraction of sp³-hybridized carbons (Fsp3) is 0.727. The highest BCUT2D eigenvalue weighted by molar-refractivity contribution is 7.88. The number of rotatable bonds is 4. The molecule has 2 heterocycles. The number of carbonyl (C=O) groups is 1. The van der Waals surface area contributed by atoms with Crippen molar-refractivity contribution in [2.45, 2.75) is 19.4 Å². The van der Waals surface area contributed by atoms with E-state index in [1.165, 1.54) is 21.9 Å². The number of sulfonamides is 1. The normalized spacial score (nSPS) is 19.9. The monoisotopic (exact) mass is 333 g/mol. The Balaban J connectivity index is 1.93. The molecular weight excluding hydrogens is 314 g/mol. The number of hydrogen-bond donors (Lipinski definition) is 1. The second-order valence-corrected chi connectivity index (χ2v) is 7.78. The maximum atomic E-state index is 12.2. The molecule has 2 rings (SSSR count). The first-order valence-corrected chi connectivity index (χ1v) is 9.37. The van der Waals surface area contributed by atoms with Crippen LogP contribution in [0.2, 0.25) is 0 Å². The van der Waals surface area contributed by atoms with Crippen LogP contribution in [-0.2, 0) is 14.8 Å². The van der Waals surface area contributed by atoms with Crippen molar-refractivity contribution in [1.82, 2.24) is 19.4 Å². The SMILES string of the molecule is C[C@H](C(=O)Nc1nncs1)N1CCCN(S(C)(=O)=O)CC1. The highest BCUT2D eigenvalue weighted by atomic mass is 32.2. The van der Waals surface area contributed by atoms with Crippen LogP contribution >= 0.6 is 11.3 Å². The Labute approximate surface area is 128 Å². The van der Waals surface area contributed by atoms with Crippen molar-refractivity contribution >= 4 is 32.4 Å². The molecule has 1 fully saturated rings. The summed E-state index contributed by atoms with van der Waals surface area (Å²) >= 11 is 1.26. The number of hydrogen-bond acceptors (Lipinski definition) is 7. The van der Waals surface area contributed by atoms with E-state index in [-0.39, 0.29) is 11.9 Å². The van der Waals surface area contributed by atoms with E-state index in [4.69, 9.17) is 0 Å². The number of anilines is 1. The molecule has 1 saturated heterocycles. The van der Waals surface area contributed by atoms with Crippen molar-refractivity contribution in [2.24, 2.45) is 0 Å². The lowest BCUT2D eigenvalue weighted by atomic mass is 10.2. The molecule has 0 spiro atoms. The molecule has 0 bridgehead atoms. The minimum atomic E-state index is -3.17. The highest BCUT2D eigenvalue weighted by Crippen LogP contribution is 2.13. The summed E-state index contributed by atoms with van der Waals surface area (Å²) < 4.78 is 24.6. The van der Waals surface area contributed by atoms with Crippen LogP contribution in [0.3, 0.4) is 0 Å². The third kappa shape index (κ3) is 4.43. The van der Waals surface area contributed by atoms with Gasteiger partial charge in [0, 0.05) is 26.2 Å². The summed E-state index contributed by atoms with van der Waals surface area (Å²) in [6.07, 6.45) is 1.93. The molecule has 0 aromatic carbocycles. The Morgan fingerprint density at radius 1 is 1.38 bits per heavy atom. The van der Waals surface area contributed by atoms with E-state index in [0.29, 0.717) is 37.7 Å². The van der Waals surface area contributed by atoms with E-state index in [9.17, 15) is 13.2 Å². The van der Waals surface area contributed by atoms with Gasteiger partial charge in [-0.3, -0.25) is 15.0 Å². The second kappa shape index (κ2) is 6.77. The number of nitrogens with zero attached hydrogens (tertiary/aromatic N) is 4. The van der Waals surface area contributed by atoms with Crippen LogP contribution < -0.4 is 5.32 Å². The molecule has 1 aromatic heterocycles. The molecule has 1 aromatic rings. The summed E-state index contributed by atoms with van der Waals surface area (Å²) in [5.74, 6) is -0.153. The Morgan fingerprint density at radius 3 is 2.76 bits per heavy atom. The van der Waals surface area contributed by atoms with E-state index in [1.807, 2.05) is 11.8 Å². The molecule has 1 aliphatic heterocycles. The smallest absolute Gasteiger partial charge is 0.243 e. The number of aromatic nitrogens is 2.